The van der Waals surface area contributed by atoms with E-state index in [1.54, 1.807) is 18.3 Å². The Kier molecular flexibility index (Phi) is 7.37. The summed E-state index contributed by atoms with van der Waals surface area (Å²) in [5.74, 6) is 0.164. The van der Waals surface area contributed by atoms with Crippen LogP contribution in [-0.4, -0.2) is 50.1 Å². The fraction of sp³-hybridized carbons (Fsp3) is 0.407. The van der Waals surface area contributed by atoms with Gasteiger partial charge in [0.2, 0.25) is 5.43 Å². The van der Waals surface area contributed by atoms with Crippen molar-refractivity contribution in [3.63, 3.8) is 0 Å². The van der Waals surface area contributed by atoms with Crippen LogP contribution in [0.4, 0.5) is 0 Å². The number of rotatable bonds is 6. The molecule has 2 aromatic carbocycles. The molecule has 3 aromatic rings. The molecule has 0 saturated carbocycles. The molecule has 0 radical (unpaired) electrons. The summed E-state index contributed by atoms with van der Waals surface area (Å²) in [5.41, 5.74) is 2.74. The van der Waals surface area contributed by atoms with Gasteiger partial charge in [-0.15, -0.1) is 0 Å². The first-order valence-corrected chi connectivity index (χ1v) is 12.6. The lowest BCUT2D eigenvalue weighted by atomic mass is 9.92. The van der Waals surface area contributed by atoms with Gasteiger partial charge in [0.15, 0.2) is 0 Å². The van der Waals surface area contributed by atoms with Crippen molar-refractivity contribution in [3.8, 4) is 0 Å². The molecule has 0 aliphatic carbocycles. The standard InChI is InChI=1S/C27H30ClN3O4/c28-22-4-1-20(2-5-22)17-29-27(33)24-18-31(30-9-13-35-14-10-30)25-6-3-21(16-23(25)26(24)32)15-19-7-11-34-12-8-19/h1-6,16,18-19H,7-15,17H2,(H,29,33). The number of halogens is 1. The van der Waals surface area contributed by atoms with E-state index in [0.717, 1.165) is 49.1 Å². The predicted octanol–water partition coefficient (Wildman–Crippen LogP) is 3.52. The Bertz CT molecular complexity index is 1250. The molecular formula is C27H30ClN3O4. The number of hydrogen-bond acceptors (Lipinski definition) is 5. The van der Waals surface area contributed by atoms with Gasteiger partial charge in [0.25, 0.3) is 5.91 Å². The van der Waals surface area contributed by atoms with Crippen LogP contribution in [0.15, 0.2) is 53.5 Å². The first kappa shape index (κ1) is 23.9. The van der Waals surface area contributed by atoms with E-state index < -0.39 is 0 Å². The van der Waals surface area contributed by atoms with Crippen LogP contribution < -0.4 is 15.8 Å². The van der Waals surface area contributed by atoms with Gasteiger partial charge in [0.1, 0.15) is 5.56 Å². The molecule has 1 N–H and O–H groups in total. The minimum absolute atomic E-state index is 0.140. The quantitative estimate of drug-likeness (QED) is 0.566. The number of morpholine rings is 1. The molecule has 35 heavy (non-hydrogen) atoms. The van der Waals surface area contributed by atoms with Crippen molar-refractivity contribution >= 4 is 28.4 Å². The van der Waals surface area contributed by atoms with E-state index in [1.807, 2.05) is 28.9 Å². The maximum Gasteiger partial charge on any atom is 0.257 e. The summed E-state index contributed by atoms with van der Waals surface area (Å²) in [6.07, 6.45) is 4.64. The summed E-state index contributed by atoms with van der Waals surface area (Å²) in [4.78, 5) is 26.7. The predicted molar refractivity (Wildman–Crippen MR) is 137 cm³/mol. The number of carbonyl (C=O) groups is 1. The van der Waals surface area contributed by atoms with Crippen LogP contribution in [-0.2, 0) is 22.4 Å². The van der Waals surface area contributed by atoms with Crippen LogP contribution in [0.25, 0.3) is 10.9 Å². The first-order chi connectivity index (χ1) is 17.1. The number of pyridine rings is 1. The van der Waals surface area contributed by atoms with Gasteiger partial charge in [-0.1, -0.05) is 29.8 Å². The molecule has 2 fully saturated rings. The summed E-state index contributed by atoms with van der Waals surface area (Å²) in [6.45, 7) is 4.48. The van der Waals surface area contributed by atoms with E-state index in [-0.39, 0.29) is 16.9 Å². The highest BCUT2D eigenvalue weighted by molar-refractivity contribution is 6.30. The first-order valence-electron chi connectivity index (χ1n) is 12.2. The number of fused-ring (bicyclic) bond motifs is 1. The number of carbonyl (C=O) groups excluding carboxylic acids is 1. The maximum absolute atomic E-state index is 13.6. The highest BCUT2D eigenvalue weighted by Crippen LogP contribution is 2.23. The Morgan fingerprint density at radius 1 is 0.971 bits per heavy atom. The van der Waals surface area contributed by atoms with E-state index in [9.17, 15) is 9.59 Å². The molecular weight excluding hydrogens is 466 g/mol. The van der Waals surface area contributed by atoms with Crippen molar-refractivity contribution in [1.29, 1.82) is 0 Å². The van der Waals surface area contributed by atoms with Gasteiger partial charge in [-0.2, -0.15) is 0 Å². The zero-order valence-corrected chi connectivity index (χ0v) is 20.4. The summed E-state index contributed by atoms with van der Waals surface area (Å²) >= 11 is 5.96. The van der Waals surface area contributed by atoms with Crippen molar-refractivity contribution in [3.05, 3.63) is 80.6 Å². The van der Waals surface area contributed by atoms with Gasteiger partial charge in [-0.3, -0.25) is 14.3 Å². The van der Waals surface area contributed by atoms with Crippen molar-refractivity contribution in [1.82, 2.24) is 9.99 Å². The van der Waals surface area contributed by atoms with Crippen LogP contribution in [0.3, 0.4) is 0 Å². The summed E-state index contributed by atoms with van der Waals surface area (Å²) < 4.78 is 13.0. The number of nitrogens with zero attached hydrogens (tertiary/aromatic N) is 2. The van der Waals surface area contributed by atoms with Crippen LogP contribution in [0.5, 0.6) is 0 Å². The van der Waals surface area contributed by atoms with Gasteiger partial charge in [-0.25, -0.2) is 0 Å². The second kappa shape index (κ2) is 10.8. The highest BCUT2D eigenvalue weighted by Gasteiger charge is 2.21. The molecule has 5 rings (SSSR count). The maximum atomic E-state index is 13.6. The molecule has 2 saturated heterocycles. The third kappa shape index (κ3) is 5.53. The van der Waals surface area contributed by atoms with E-state index >= 15 is 0 Å². The second-order valence-electron chi connectivity index (χ2n) is 9.20. The molecule has 2 aliphatic heterocycles. The Morgan fingerprint density at radius 3 is 2.40 bits per heavy atom. The fourth-order valence-electron chi connectivity index (χ4n) is 4.82. The summed E-state index contributed by atoms with van der Waals surface area (Å²) in [6, 6.07) is 13.4. The van der Waals surface area contributed by atoms with Crippen LogP contribution >= 0.6 is 11.6 Å². The molecule has 7 nitrogen and oxygen atoms in total. The number of ether oxygens (including phenoxy) is 2. The number of benzene rings is 2. The minimum atomic E-state index is -0.385. The topological polar surface area (TPSA) is 72.8 Å². The molecule has 0 atom stereocenters. The van der Waals surface area contributed by atoms with Gasteiger partial charge < -0.3 is 19.8 Å². The fourth-order valence-corrected chi connectivity index (χ4v) is 4.94. The third-order valence-corrected chi connectivity index (χ3v) is 7.07. The number of nitrogens with one attached hydrogen (secondary N) is 1. The average Bonchev–Trinajstić information content (AvgIpc) is 2.90. The zero-order valence-electron chi connectivity index (χ0n) is 19.7. The molecule has 8 heteroatoms. The molecule has 1 amide bonds. The number of amides is 1. The molecule has 1 aromatic heterocycles. The average molecular weight is 496 g/mol. The molecule has 2 aliphatic rings. The minimum Gasteiger partial charge on any atom is -0.381 e. The van der Waals surface area contributed by atoms with Crippen molar-refractivity contribution in [2.45, 2.75) is 25.8 Å². The van der Waals surface area contributed by atoms with E-state index in [0.29, 0.717) is 49.2 Å². The Balaban J connectivity index is 1.48. The normalized spacial score (nSPS) is 17.0. The Labute approximate surface area is 209 Å². The van der Waals surface area contributed by atoms with Crippen LogP contribution in [0, 0.1) is 5.92 Å². The summed E-state index contributed by atoms with van der Waals surface area (Å²) in [5, 5.41) is 6.23. The van der Waals surface area contributed by atoms with Crippen LogP contribution in [0.2, 0.25) is 5.02 Å². The molecule has 3 heterocycles. The number of aromatic nitrogens is 1. The van der Waals surface area contributed by atoms with Crippen molar-refractivity contribution < 1.29 is 14.3 Å². The third-order valence-electron chi connectivity index (χ3n) is 6.82. The van der Waals surface area contributed by atoms with Crippen molar-refractivity contribution in [2.24, 2.45) is 5.92 Å². The molecule has 184 valence electrons. The van der Waals surface area contributed by atoms with Gasteiger partial charge in [-0.05, 0) is 60.6 Å². The van der Waals surface area contributed by atoms with Crippen LogP contribution in [0.1, 0.15) is 34.3 Å². The van der Waals surface area contributed by atoms with E-state index in [1.165, 1.54) is 0 Å². The smallest absolute Gasteiger partial charge is 0.257 e. The zero-order chi connectivity index (χ0) is 24.2. The second-order valence-corrected chi connectivity index (χ2v) is 9.64. The van der Waals surface area contributed by atoms with Gasteiger partial charge in [0, 0.05) is 36.4 Å². The lowest BCUT2D eigenvalue weighted by Gasteiger charge is -2.32. The Hall–Kier alpha value is -2.87. The van der Waals surface area contributed by atoms with E-state index in [2.05, 4.69) is 16.4 Å². The highest BCUT2D eigenvalue weighted by atomic mass is 35.5. The summed E-state index contributed by atoms with van der Waals surface area (Å²) in [7, 11) is 0. The SMILES string of the molecule is O=C(NCc1ccc(Cl)cc1)c1cn(N2CCOCC2)c2ccc(CC3CCOCC3)cc2c1=O. The van der Waals surface area contributed by atoms with Crippen molar-refractivity contribution in [2.75, 3.05) is 44.5 Å². The van der Waals surface area contributed by atoms with Gasteiger partial charge in [0.05, 0.1) is 31.8 Å². The molecule has 0 bridgehead atoms. The number of hydrogen-bond donors (Lipinski definition) is 1. The lowest BCUT2D eigenvalue weighted by molar-refractivity contribution is 0.0665. The largest absolute Gasteiger partial charge is 0.381 e. The Morgan fingerprint density at radius 2 is 1.66 bits per heavy atom. The lowest BCUT2D eigenvalue weighted by Crippen LogP contribution is -2.45. The monoisotopic (exact) mass is 495 g/mol. The molecule has 0 spiro atoms. The molecule has 0 unspecified atom stereocenters. The van der Waals surface area contributed by atoms with Gasteiger partial charge >= 0.3 is 0 Å². The van der Waals surface area contributed by atoms with E-state index in [4.69, 9.17) is 21.1 Å².